The average Bonchev–Trinajstić information content (AvgIpc) is 3.22. The fourth-order valence-electron chi connectivity index (χ4n) is 5.34. The van der Waals surface area contributed by atoms with Crippen molar-refractivity contribution in [2.75, 3.05) is 61.5 Å². The van der Waals surface area contributed by atoms with Gasteiger partial charge in [-0.3, -0.25) is 19.4 Å². The number of carbonyl (C=O) groups excluding carboxylic acids is 2. The van der Waals surface area contributed by atoms with E-state index in [-0.39, 0.29) is 18.2 Å². The lowest BCUT2D eigenvalue weighted by molar-refractivity contribution is -0.124. The number of ether oxygens (including phenoxy) is 1. The van der Waals surface area contributed by atoms with Crippen LogP contribution in [0.1, 0.15) is 12.8 Å². The number of methoxy groups -OCH3 is 1. The number of halogens is 2. The predicted molar refractivity (Wildman–Crippen MR) is 173 cm³/mol. The topological polar surface area (TPSA) is 68.4 Å². The number of nitrogens with zero attached hydrogens (tertiary/aromatic N) is 4. The molecule has 2 amide bonds. The smallest absolute Gasteiger partial charge is 0.256 e. The van der Waals surface area contributed by atoms with E-state index < -0.39 is 6.04 Å². The Kier molecular flexibility index (Phi) is 9.84. The third-order valence-corrected chi connectivity index (χ3v) is 8.48. The van der Waals surface area contributed by atoms with Gasteiger partial charge in [0.05, 0.1) is 19.2 Å². The van der Waals surface area contributed by atoms with Crippen LogP contribution in [0.25, 0.3) is 0 Å². The summed E-state index contributed by atoms with van der Waals surface area (Å²) in [5, 5.41) is 4.60. The van der Waals surface area contributed by atoms with Gasteiger partial charge in [0.15, 0.2) is 5.11 Å². The van der Waals surface area contributed by atoms with Gasteiger partial charge < -0.3 is 19.9 Å². The summed E-state index contributed by atoms with van der Waals surface area (Å²) in [4.78, 5) is 35.0. The summed E-state index contributed by atoms with van der Waals surface area (Å²) < 4.78 is 5.27. The Morgan fingerprint density at radius 2 is 1.64 bits per heavy atom. The Hall–Kier alpha value is -3.37. The van der Waals surface area contributed by atoms with Crippen molar-refractivity contribution in [3.8, 4) is 5.75 Å². The van der Waals surface area contributed by atoms with Crippen LogP contribution in [0.15, 0.2) is 72.8 Å². The summed E-state index contributed by atoms with van der Waals surface area (Å²) >= 11 is 18.0. The summed E-state index contributed by atoms with van der Waals surface area (Å²) in [5.74, 6) is 0.200. The Balaban J connectivity index is 1.23. The molecule has 0 spiro atoms. The molecule has 0 radical (unpaired) electrons. The number of amides is 2. The minimum Gasteiger partial charge on any atom is -0.497 e. The number of rotatable bonds is 10. The third-order valence-electron chi connectivity index (χ3n) is 7.57. The second kappa shape index (κ2) is 13.7. The molecule has 2 fully saturated rings. The molecule has 0 unspecified atom stereocenters. The van der Waals surface area contributed by atoms with E-state index in [9.17, 15) is 9.59 Å². The van der Waals surface area contributed by atoms with E-state index in [2.05, 4.69) is 21.2 Å². The standard InChI is InChI=1S/C31H33Cl2N5O3S/c1-41-27-12-10-25(11-13-27)38-30(40)28(21-29(39)34-24-8-6-22(32)7-9-24)37(31(38)42)15-3-14-35-16-18-36(19-17-35)26-5-2-4-23(33)20-26/h2,4-13,20,28H,3,14-19,21H2,1H3,(H,34,39)/t28-/m0/s1. The van der Waals surface area contributed by atoms with E-state index in [4.69, 9.17) is 40.2 Å². The maximum atomic E-state index is 13.7. The zero-order valence-corrected chi connectivity index (χ0v) is 25.7. The van der Waals surface area contributed by atoms with E-state index in [1.54, 1.807) is 55.6 Å². The molecular weight excluding hydrogens is 593 g/mol. The fourth-order valence-corrected chi connectivity index (χ4v) is 6.07. The summed E-state index contributed by atoms with van der Waals surface area (Å²) in [5.41, 5.74) is 2.41. The number of carbonyl (C=O) groups is 2. The summed E-state index contributed by atoms with van der Waals surface area (Å²) in [7, 11) is 1.59. The highest BCUT2D eigenvalue weighted by Crippen LogP contribution is 2.29. The van der Waals surface area contributed by atoms with Crippen LogP contribution in [-0.2, 0) is 9.59 Å². The minimum absolute atomic E-state index is 0.0213. The number of anilines is 3. The van der Waals surface area contributed by atoms with Crippen molar-refractivity contribution in [3.63, 3.8) is 0 Å². The molecule has 2 aliphatic rings. The largest absolute Gasteiger partial charge is 0.497 e. The maximum Gasteiger partial charge on any atom is 0.256 e. The second-order valence-corrected chi connectivity index (χ2v) is 11.5. The molecule has 3 aromatic rings. The summed E-state index contributed by atoms with van der Waals surface area (Å²) in [6.45, 7) is 5.12. The van der Waals surface area contributed by atoms with Gasteiger partial charge in [0.1, 0.15) is 11.8 Å². The van der Waals surface area contributed by atoms with Gasteiger partial charge in [0, 0.05) is 54.1 Å². The molecular formula is C31H33Cl2N5O3S. The SMILES string of the molecule is COc1ccc(N2C(=O)[C@H](CC(=O)Nc3ccc(Cl)cc3)N(CCCN3CCN(c4cccc(Cl)c4)CC3)C2=S)cc1. The van der Waals surface area contributed by atoms with Gasteiger partial charge in [-0.1, -0.05) is 29.3 Å². The molecule has 5 rings (SSSR count). The van der Waals surface area contributed by atoms with Crippen molar-refractivity contribution in [3.05, 3.63) is 82.8 Å². The molecule has 0 saturated carbocycles. The van der Waals surface area contributed by atoms with Crippen molar-refractivity contribution in [1.82, 2.24) is 9.80 Å². The zero-order valence-electron chi connectivity index (χ0n) is 23.3. The number of benzene rings is 3. The molecule has 0 aromatic heterocycles. The van der Waals surface area contributed by atoms with E-state index >= 15 is 0 Å². The monoisotopic (exact) mass is 625 g/mol. The first kappa shape index (κ1) is 30.1. The molecule has 2 saturated heterocycles. The van der Waals surface area contributed by atoms with Crippen LogP contribution in [0.3, 0.4) is 0 Å². The first-order chi connectivity index (χ1) is 20.3. The average molecular weight is 627 g/mol. The van der Waals surface area contributed by atoms with Gasteiger partial charge in [-0.15, -0.1) is 0 Å². The summed E-state index contributed by atoms with van der Waals surface area (Å²) in [6, 6.07) is 21.3. The highest BCUT2D eigenvalue weighted by Gasteiger charge is 2.44. The van der Waals surface area contributed by atoms with Crippen LogP contribution < -0.4 is 19.9 Å². The number of hydrogen-bond donors (Lipinski definition) is 1. The molecule has 8 nitrogen and oxygen atoms in total. The number of nitrogens with one attached hydrogen (secondary N) is 1. The summed E-state index contributed by atoms with van der Waals surface area (Å²) in [6.07, 6.45) is 0.781. The van der Waals surface area contributed by atoms with Crippen LogP contribution >= 0.6 is 35.4 Å². The van der Waals surface area contributed by atoms with Crippen molar-refractivity contribution >= 4 is 69.4 Å². The second-order valence-electron chi connectivity index (χ2n) is 10.3. The third kappa shape index (κ3) is 7.15. The molecule has 3 aromatic carbocycles. The lowest BCUT2D eigenvalue weighted by Crippen LogP contribution is -2.47. The van der Waals surface area contributed by atoms with E-state index in [0.717, 1.165) is 49.9 Å². The highest BCUT2D eigenvalue weighted by molar-refractivity contribution is 7.80. The molecule has 2 heterocycles. The minimum atomic E-state index is -0.702. The molecule has 11 heteroatoms. The molecule has 1 N–H and O–H groups in total. The Morgan fingerprint density at radius 1 is 0.929 bits per heavy atom. The number of thiocarbonyl (C=S) groups is 1. The van der Waals surface area contributed by atoms with Crippen LogP contribution in [0.5, 0.6) is 5.75 Å². The van der Waals surface area contributed by atoms with Gasteiger partial charge in [-0.05, 0) is 91.9 Å². The maximum absolute atomic E-state index is 13.7. The van der Waals surface area contributed by atoms with Gasteiger partial charge in [-0.2, -0.15) is 0 Å². The molecule has 1 atom stereocenters. The first-order valence-corrected chi connectivity index (χ1v) is 15.1. The molecule has 0 bridgehead atoms. The van der Waals surface area contributed by atoms with Crippen molar-refractivity contribution in [1.29, 1.82) is 0 Å². The lowest BCUT2D eigenvalue weighted by atomic mass is 10.1. The van der Waals surface area contributed by atoms with Crippen LogP contribution in [0.4, 0.5) is 17.1 Å². The van der Waals surface area contributed by atoms with Gasteiger partial charge in [0.25, 0.3) is 5.91 Å². The Labute approximate surface area is 261 Å². The zero-order chi connectivity index (χ0) is 29.6. The van der Waals surface area contributed by atoms with E-state index in [0.29, 0.717) is 33.8 Å². The molecule has 2 aliphatic heterocycles. The van der Waals surface area contributed by atoms with E-state index in [1.165, 1.54) is 4.90 Å². The lowest BCUT2D eigenvalue weighted by Gasteiger charge is -2.36. The quantitative estimate of drug-likeness (QED) is 0.297. The Morgan fingerprint density at radius 3 is 2.31 bits per heavy atom. The van der Waals surface area contributed by atoms with Crippen LogP contribution in [-0.4, -0.2) is 79.1 Å². The van der Waals surface area contributed by atoms with Crippen LogP contribution in [0.2, 0.25) is 10.0 Å². The van der Waals surface area contributed by atoms with Gasteiger partial charge >= 0.3 is 0 Å². The van der Waals surface area contributed by atoms with Crippen molar-refractivity contribution < 1.29 is 14.3 Å². The Bertz CT molecular complexity index is 1410. The number of piperazine rings is 1. The fraction of sp³-hybridized carbons (Fsp3) is 0.323. The number of hydrogen-bond acceptors (Lipinski definition) is 6. The predicted octanol–water partition coefficient (Wildman–Crippen LogP) is 5.55. The highest BCUT2D eigenvalue weighted by atomic mass is 35.5. The van der Waals surface area contributed by atoms with E-state index in [1.807, 2.05) is 23.1 Å². The molecule has 42 heavy (non-hydrogen) atoms. The van der Waals surface area contributed by atoms with Gasteiger partial charge in [0.2, 0.25) is 5.91 Å². The van der Waals surface area contributed by atoms with Crippen LogP contribution in [0, 0.1) is 0 Å². The molecule has 220 valence electrons. The van der Waals surface area contributed by atoms with Crippen molar-refractivity contribution in [2.45, 2.75) is 18.9 Å². The van der Waals surface area contributed by atoms with Gasteiger partial charge in [-0.25, -0.2) is 0 Å². The molecule has 0 aliphatic carbocycles. The van der Waals surface area contributed by atoms with Crippen molar-refractivity contribution in [2.24, 2.45) is 0 Å². The normalized spacial score (nSPS) is 17.6. The first-order valence-electron chi connectivity index (χ1n) is 13.9.